The first-order valence-electron chi connectivity index (χ1n) is 8.79. The van der Waals surface area contributed by atoms with E-state index in [0.717, 1.165) is 32.2 Å². The van der Waals surface area contributed by atoms with Crippen molar-refractivity contribution in [1.29, 1.82) is 0 Å². The van der Waals surface area contributed by atoms with Gasteiger partial charge in [-0.05, 0) is 43.0 Å². The monoisotopic (exact) mass is 343 g/mol. The van der Waals surface area contributed by atoms with Gasteiger partial charge in [0, 0.05) is 29.4 Å². The first kappa shape index (κ1) is 14.7. The van der Waals surface area contributed by atoms with Crippen LogP contribution < -0.4 is 0 Å². The highest BCUT2D eigenvalue weighted by Gasteiger charge is 2.40. The van der Waals surface area contributed by atoms with Crippen molar-refractivity contribution in [3.05, 3.63) is 28.8 Å². The number of carbonyl (C=O) groups is 1. The Hall–Kier alpha value is -1.66. The zero-order valence-electron chi connectivity index (χ0n) is 13.5. The molecule has 4 atom stereocenters. The molecule has 5 rings (SSSR count). The number of carbonyl (C=O) groups excluding carboxylic acids is 1. The van der Waals surface area contributed by atoms with E-state index >= 15 is 0 Å². The molecule has 0 saturated carbocycles. The summed E-state index contributed by atoms with van der Waals surface area (Å²) in [6, 6.07) is 2.72. The predicted octanol–water partition coefficient (Wildman–Crippen LogP) is 2.67. The second kappa shape index (κ2) is 5.43. The topological polar surface area (TPSA) is 58.4 Å². The summed E-state index contributed by atoms with van der Waals surface area (Å²) >= 11 is 1.77. The number of aromatic nitrogens is 2. The number of fused-ring (bicyclic) bond motifs is 4. The molecule has 0 aromatic carbocycles. The highest BCUT2D eigenvalue weighted by Crippen LogP contribution is 2.45. The maximum Gasteiger partial charge on any atom is 0.222 e. The lowest BCUT2D eigenvalue weighted by molar-refractivity contribution is -0.131. The first-order chi connectivity index (χ1) is 11.7. The van der Waals surface area contributed by atoms with Gasteiger partial charge in [0.15, 0.2) is 0 Å². The van der Waals surface area contributed by atoms with E-state index in [1.807, 2.05) is 17.4 Å². The van der Waals surface area contributed by atoms with Gasteiger partial charge in [-0.1, -0.05) is 0 Å². The summed E-state index contributed by atoms with van der Waals surface area (Å²) in [5.41, 5.74) is 2.44. The lowest BCUT2D eigenvalue weighted by Crippen LogP contribution is -2.43. The van der Waals surface area contributed by atoms with Crippen molar-refractivity contribution in [1.82, 2.24) is 14.5 Å². The van der Waals surface area contributed by atoms with Crippen LogP contribution in [0.15, 0.2) is 24.0 Å². The Labute approximate surface area is 144 Å². The minimum absolute atomic E-state index is 0.204. The maximum absolute atomic E-state index is 11.8. The molecule has 0 spiro atoms. The molecule has 5 nitrogen and oxygen atoms in total. The molecule has 3 aliphatic rings. The summed E-state index contributed by atoms with van der Waals surface area (Å²) in [5.74, 6) is 0.600. The van der Waals surface area contributed by atoms with Gasteiger partial charge in [-0.15, -0.1) is 11.3 Å². The number of hydrogen-bond donors (Lipinski definition) is 1. The van der Waals surface area contributed by atoms with Gasteiger partial charge in [0.1, 0.15) is 0 Å². The number of thiophene rings is 1. The highest BCUT2D eigenvalue weighted by molar-refractivity contribution is 7.10. The summed E-state index contributed by atoms with van der Waals surface area (Å²) in [4.78, 5) is 19.5. The van der Waals surface area contributed by atoms with Crippen LogP contribution in [-0.4, -0.2) is 44.2 Å². The molecule has 3 aliphatic heterocycles. The molecular formula is C18H21N3O2S. The molecule has 1 amide bonds. The van der Waals surface area contributed by atoms with Crippen LogP contribution in [0, 0.1) is 5.92 Å². The normalized spacial score (nSPS) is 29.5. The van der Waals surface area contributed by atoms with E-state index in [9.17, 15) is 9.90 Å². The molecule has 2 aromatic heterocycles. The van der Waals surface area contributed by atoms with E-state index in [0.29, 0.717) is 24.3 Å². The van der Waals surface area contributed by atoms with Crippen LogP contribution in [0.4, 0.5) is 0 Å². The number of nitrogens with zero attached hydrogens (tertiary/aromatic N) is 3. The van der Waals surface area contributed by atoms with E-state index in [4.69, 9.17) is 0 Å². The van der Waals surface area contributed by atoms with Crippen molar-refractivity contribution in [3.63, 3.8) is 0 Å². The minimum atomic E-state index is -0.323. The van der Waals surface area contributed by atoms with Gasteiger partial charge >= 0.3 is 0 Å². The van der Waals surface area contributed by atoms with E-state index < -0.39 is 0 Å². The molecular weight excluding hydrogens is 322 g/mol. The lowest BCUT2D eigenvalue weighted by atomic mass is 9.84. The van der Waals surface area contributed by atoms with Crippen molar-refractivity contribution >= 4 is 17.2 Å². The molecule has 0 aliphatic carbocycles. The third kappa shape index (κ3) is 2.09. The largest absolute Gasteiger partial charge is 0.393 e. The molecule has 2 aromatic rings. The number of aliphatic hydroxyl groups excluding tert-OH is 1. The summed E-state index contributed by atoms with van der Waals surface area (Å²) < 4.78 is 2.21. The number of aliphatic hydroxyl groups is 1. The SMILES string of the molecule is O=C1CC[C@H]2C[C@H]([C@H](O)C[C@@H]3c4sccc4-c4cncn43)CCN12. The Bertz CT molecular complexity index is 743. The maximum atomic E-state index is 11.8. The van der Waals surface area contributed by atoms with Gasteiger partial charge in [0.05, 0.1) is 30.4 Å². The fourth-order valence-corrected chi connectivity index (χ4v) is 5.80. The molecule has 126 valence electrons. The standard InChI is InChI=1S/C18H21N3O2S/c22-16(11-3-5-20-12(7-11)1-2-17(20)23)8-14-18-13(4-6-24-18)15-9-19-10-21(14)15/h4,6,9-12,14,16,22H,1-3,5,7-8H2/t11-,12+,14-,16-/m1/s1. The van der Waals surface area contributed by atoms with E-state index in [1.54, 1.807) is 11.3 Å². The second-order valence-corrected chi connectivity index (χ2v) is 8.22. The van der Waals surface area contributed by atoms with Crippen LogP contribution in [0.2, 0.25) is 0 Å². The zero-order chi connectivity index (χ0) is 16.3. The Balaban J connectivity index is 1.33. The summed E-state index contributed by atoms with van der Waals surface area (Å²) in [7, 11) is 0. The average Bonchev–Trinajstić information content (AvgIpc) is 3.33. The Kier molecular flexibility index (Phi) is 3.31. The van der Waals surface area contributed by atoms with Crippen molar-refractivity contribution in [3.8, 4) is 11.3 Å². The summed E-state index contributed by atoms with van der Waals surface area (Å²) in [6.07, 6.45) is 7.74. The molecule has 2 fully saturated rings. The first-order valence-corrected chi connectivity index (χ1v) is 9.67. The Morgan fingerprint density at radius 3 is 3.25 bits per heavy atom. The van der Waals surface area contributed by atoms with Gasteiger partial charge in [0.2, 0.25) is 5.91 Å². The van der Waals surface area contributed by atoms with Gasteiger partial charge in [-0.25, -0.2) is 4.98 Å². The number of amides is 1. The van der Waals surface area contributed by atoms with Crippen LogP contribution >= 0.6 is 11.3 Å². The van der Waals surface area contributed by atoms with Crippen molar-refractivity contribution in [2.75, 3.05) is 6.54 Å². The van der Waals surface area contributed by atoms with Crippen LogP contribution in [0.25, 0.3) is 11.3 Å². The summed E-state index contributed by atoms with van der Waals surface area (Å²) in [5, 5.41) is 13.0. The molecule has 0 unspecified atom stereocenters. The Morgan fingerprint density at radius 1 is 1.42 bits per heavy atom. The van der Waals surface area contributed by atoms with Crippen LogP contribution in [0.3, 0.4) is 0 Å². The van der Waals surface area contributed by atoms with E-state index in [2.05, 4.69) is 21.0 Å². The fourth-order valence-electron chi connectivity index (χ4n) is 4.79. The van der Waals surface area contributed by atoms with Crippen molar-refractivity contribution < 1.29 is 9.90 Å². The smallest absolute Gasteiger partial charge is 0.222 e. The molecule has 6 heteroatoms. The van der Waals surface area contributed by atoms with Crippen molar-refractivity contribution in [2.24, 2.45) is 5.92 Å². The molecule has 1 N–H and O–H groups in total. The molecule has 2 saturated heterocycles. The van der Waals surface area contributed by atoms with Gasteiger partial charge in [-0.2, -0.15) is 0 Å². The Morgan fingerprint density at radius 2 is 2.33 bits per heavy atom. The lowest BCUT2D eigenvalue weighted by Gasteiger charge is -2.37. The second-order valence-electron chi connectivity index (χ2n) is 7.27. The zero-order valence-corrected chi connectivity index (χ0v) is 14.3. The van der Waals surface area contributed by atoms with Crippen LogP contribution in [0.5, 0.6) is 0 Å². The third-order valence-corrected chi connectivity index (χ3v) is 7.07. The van der Waals surface area contributed by atoms with Gasteiger partial charge in [0.25, 0.3) is 0 Å². The highest BCUT2D eigenvalue weighted by atomic mass is 32.1. The number of imidazole rings is 1. The van der Waals surface area contributed by atoms with Crippen LogP contribution in [0.1, 0.15) is 43.0 Å². The number of hydrogen-bond acceptors (Lipinski definition) is 4. The quantitative estimate of drug-likeness (QED) is 0.932. The molecule has 24 heavy (non-hydrogen) atoms. The van der Waals surface area contributed by atoms with E-state index in [-0.39, 0.29) is 12.1 Å². The summed E-state index contributed by atoms with van der Waals surface area (Å²) in [6.45, 7) is 0.816. The fraction of sp³-hybridized carbons (Fsp3) is 0.556. The molecule has 5 heterocycles. The average molecular weight is 343 g/mol. The predicted molar refractivity (Wildman–Crippen MR) is 91.8 cm³/mol. The van der Waals surface area contributed by atoms with E-state index in [1.165, 1.54) is 16.1 Å². The number of piperidine rings is 1. The van der Waals surface area contributed by atoms with Crippen molar-refractivity contribution in [2.45, 2.75) is 50.3 Å². The molecule has 0 bridgehead atoms. The van der Waals surface area contributed by atoms with Gasteiger partial charge in [-0.3, -0.25) is 4.79 Å². The minimum Gasteiger partial charge on any atom is -0.393 e. The van der Waals surface area contributed by atoms with Crippen LogP contribution in [-0.2, 0) is 4.79 Å². The van der Waals surface area contributed by atoms with Gasteiger partial charge < -0.3 is 14.6 Å². The molecule has 0 radical (unpaired) electrons. The number of rotatable bonds is 3. The third-order valence-electron chi connectivity index (χ3n) is 6.05.